The van der Waals surface area contributed by atoms with Crippen molar-refractivity contribution in [3.8, 4) is 11.4 Å². The SMILES string of the molecule is CC(C)(C)c1cc(-c2ccccn2)[n-]n1.FC(F)(F)c1n[c-]c2c(ccc3cccnc32)n1.[Pt+2]. The molecule has 4 heterocycles. The average Bonchev–Trinajstić information content (AvgIpc) is 3.30. The quantitative estimate of drug-likeness (QED) is 0.180. The van der Waals surface area contributed by atoms with Gasteiger partial charge >= 0.3 is 27.2 Å². The molecule has 0 amide bonds. The number of halogens is 3. The van der Waals surface area contributed by atoms with Gasteiger partial charge in [0.15, 0.2) is 0 Å². The fraction of sp³-hybridized carbons (Fsp3) is 0.208. The molecule has 0 aliphatic carbocycles. The summed E-state index contributed by atoms with van der Waals surface area (Å²) < 4.78 is 37.4. The topological polar surface area (TPSA) is 78.5 Å². The second-order valence-electron chi connectivity index (χ2n) is 8.27. The summed E-state index contributed by atoms with van der Waals surface area (Å²) in [5.41, 5.74) is 3.50. The van der Waals surface area contributed by atoms with Crippen LogP contribution in [0.3, 0.4) is 0 Å². The maximum absolute atomic E-state index is 12.5. The molecule has 5 aromatic rings. The van der Waals surface area contributed by atoms with Crippen molar-refractivity contribution in [1.29, 1.82) is 0 Å². The molecule has 4 aromatic heterocycles. The van der Waals surface area contributed by atoms with Gasteiger partial charge in [-0.05, 0) is 40.8 Å². The molecule has 0 bridgehead atoms. The van der Waals surface area contributed by atoms with Gasteiger partial charge in [0.05, 0.1) is 0 Å². The summed E-state index contributed by atoms with van der Waals surface area (Å²) >= 11 is 0. The maximum atomic E-state index is 12.5. The Morgan fingerprint density at radius 2 is 1.68 bits per heavy atom. The van der Waals surface area contributed by atoms with Crippen LogP contribution in [-0.4, -0.2) is 25.0 Å². The van der Waals surface area contributed by atoms with E-state index in [4.69, 9.17) is 0 Å². The normalized spacial score (nSPS) is 11.6. The molecule has 34 heavy (non-hydrogen) atoms. The zero-order valence-electron chi connectivity index (χ0n) is 18.4. The Hall–Kier alpha value is -3.19. The molecule has 0 spiro atoms. The van der Waals surface area contributed by atoms with Crippen LogP contribution < -0.4 is 5.10 Å². The van der Waals surface area contributed by atoms with Crippen LogP contribution in [0.4, 0.5) is 13.2 Å². The van der Waals surface area contributed by atoms with Gasteiger partial charge in [-0.1, -0.05) is 62.2 Å². The average molecular weight is 644 g/mol. The third-order valence-electron chi connectivity index (χ3n) is 4.74. The van der Waals surface area contributed by atoms with Crippen molar-refractivity contribution in [2.75, 3.05) is 0 Å². The van der Waals surface area contributed by atoms with Gasteiger partial charge in [0.1, 0.15) is 5.82 Å². The van der Waals surface area contributed by atoms with Crippen molar-refractivity contribution in [2.45, 2.75) is 32.4 Å². The van der Waals surface area contributed by atoms with Crippen molar-refractivity contribution in [1.82, 2.24) is 30.1 Å². The summed E-state index contributed by atoms with van der Waals surface area (Å²) in [6.45, 7) is 6.37. The number of rotatable bonds is 1. The Balaban J connectivity index is 0.000000188. The first-order valence-electron chi connectivity index (χ1n) is 10.1. The van der Waals surface area contributed by atoms with Gasteiger partial charge < -0.3 is 25.1 Å². The number of aromatic nitrogens is 6. The van der Waals surface area contributed by atoms with E-state index in [9.17, 15) is 13.2 Å². The van der Waals surface area contributed by atoms with E-state index in [0.29, 0.717) is 10.9 Å². The molecular weight excluding hydrogens is 624 g/mol. The molecule has 0 N–H and O–H groups in total. The molecule has 0 aliphatic heterocycles. The standard InChI is InChI=1S/C12H5F3N3.C12H14N3.Pt/c13-12(14,15)11-17-6-8-9(18-11)4-3-7-2-1-5-16-10(7)8;1-12(2,3)11-8-10(14-15-11)9-6-4-5-7-13-9;/h1-5H;4-8H,1-3H3;/q2*-1;+2. The van der Waals surface area contributed by atoms with Gasteiger partial charge in [-0.3, -0.25) is 4.98 Å². The first-order valence-corrected chi connectivity index (χ1v) is 10.1. The second kappa shape index (κ2) is 9.97. The van der Waals surface area contributed by atoms with Crippen molar-refractivity contribution >= 4 is 21.8 Å². The fourth-order valence-corrected chi connectivity index (χ4v) is 3.01. The molecule has 0 unspecified atom stereocenters. The summed E-state index contributed by atoms with van der Waals surface area (Å²) in [6.07, 6.45) is 1.14. The van der Waals surface area contributed by atoms with E-state index in [1.165, 1.54) is 6.07 Å². The van der Waals surface area contributed by atoms with Crippen LogP contribution in [0.2, 0.25) is 0 Å². The zero-order valence-corrected chi connectivity index (χ0v) is 20.7. The first-order chi connectivity index (χ1) is 15.6. The Labute approximate surface area is 208 Å². The molecular formula is C24H19F3N6Pt. The van der Waals surface area contributed by atoms with Crippen LogP contribution in [0.25, 0.3) is 33.2 Å². The summed E-state index contributed by atoms with van der Waals surface area (Å²) in [5.74, 6) is -1.19. The molecule has 0 saturated heterocycles. The number of pyridine rings is 2. The Kier molecular flexibility index (Phi) is 7.46. The summed E-state index contributed by atoms with van der Waals surface area (Å²) in [4.78, 5) is 15.1. The van der Waals surface area contributed by atoms with Crippen molar-refractivity contribution in [3.05, 3.63) is 78.6 Å². The van der Waals surface area contributed by atoms with Crippen LogP contribution in [0.5, 0.6) is 0 Å². The predicted molar refractivity (Wildman–Crippen MR) is 118 cm³/mol. The minimum Gasteiger partial charge on any atom is -0.573 e. The molecule has 0 saturated carbocycles. The third-order valence-corrected chi connectivity index (χ3v) is 4.74. The molecule has 176 valence electrons. The van der Waals surface area contributed by atoms with Crippen LogP contribution >= 0.6 is 0 Å². The molecule has 0 radical (unpaired) electrons. The summed E-state index contributed by atoms with van der Waals surface area (Å²) in [5, 5.41) is 9.51. The maximum Gasteiger partial charge on any atom is 2.00 e. The van der Waals surface area contributed by atoms with Crippen LogP contribution in [-0.2, 0) is 32.7 Å². The first kappa shape index (κ1) is 25.4. The molecule has 0 fully saturated rings. The summed E-state index contributed by atoms with van der Waals surface area (Å²) in [7, 11) is 0. The Bertz CT molecular complexity index is 1400. The molecule has 0 atom stereocenters. The van der Waals surface area contributed by atoms with Crippen LogP contribution in [0.1, 0.15) is 32.3 Å². The number of hydrogen-bond acceptors (Lipinski definition) is 5. The van der Waals surface area contributed by atoms with E-state index in [0.717, 1.165) is 22.5 Å². The smallest absolute Gasteiger partial charge is 0.573 e. The second-order valence-corrected chi connectivity index (χ2v) is 8.27. The van der Waals surface area contributed by atoms with Crippen molar-refractivity contribution < 1.29 is 34.2 Å². The molecule has 6 nitrogen and oxygen atoms in total. The predicted octanol–water partition coefficient (Wildman–Crippen LogP) is 5.39. The third kappa shape index (κ3) is 5.65. The van der Waals surface area contributed by atoms with Crippen LogP contribution in [0.15, 0.2) is 60.9 Å². The summed E-state index contributed by atoms with van der Waals surface area (Å²) in [6, 6.07) is 14.5. The van der Waals surface area contributed by atoms with Gasteiger partial charge in [-0.15, -0.1) is 0 Å². The van der Waals surface area contributed by atoms with Gasteiger partial charge in [0, 0.05) is 29.2 Å². The zero-order chi connectivity index (χ0) is 23.6. The minimum atomic E-state index is -4.57. The fourth-order valence-electron chi connectivity index (χ4n) is 3.01. The molecule has 1 aromatic carbocycles. The number of hydrogen-bond donors (Lipinski definition) is 0. The van der Waals surface area contributed by atoms with Gasteiger partial charge in [0.25, 0.3) is 0 Å². The van der Waals surface area contributed by atoms with Gasteiger partial charge in [-0.25, -0.2) is 0 Å². The van der Waals surface area contributed by atoms with Gasteiger partial charge in [0.2, 0.25) is 0 Å². The monoisotopic (exact) mass is 643 g/mol. The van der Waals surface area contributed by atoms with E-state index in [-0.39, 0.29) is 32.0 Å². The number of nitrogens with zero attached hydrogens (tertiary/aromatic N) is 6. The van der Waals surface area contributed by atoms with E-state index in [1.807, 2.05) is 30.3 Å². The van der Waals surface area contributed by atoms with Crippen LogP contribution in [0, 0.1) is 6.20 Å². The molecule has 5 rings (SSSR count). The van der Waals surface area contributed by atoms with E-state index >= 15 is 0 Å². The van der Waals surface area contributed by atoms with Crippen molar-refractivity contribution in [2.24, 2.45) is 0 Å². The van der Waals surface area contributed by atoms with E-state index in [2.05, 4.69) is 57.1 Å². The van der Waals surface area contributed by atoms with Crippen molar-refractivity contribution in [3.63, 3.8) is 0 Å². The number of alkyl halides is 3. The van der Waals surface area contributed by atoms with Gasteiger partial charge in [-0.2, -0.15) is 13.2 Å². The van der Waals surface area contributed by atoms with E-state index in [1.54, 1.807) is 24.5 Å². The minimum absolute atomic E-state index is 0. The Morgan fingerprint density at radius 3 is 2.32 bits per heavy atom. The van der Waals surface area contributed by atoms with E-state index < -0.39 is 12.0 Å². The Morgan fingerprint density at radius 1 is 0.912 bits per heavy atom. The molecule has 0 aliphatic rings. The molecule has 10 heteroatoms. The number of benzene rings is 1. The number of fused-ring (bicyclic) bond motifs is 3. The largest absolute Gasteiger partial charge is 2.00 e.